The van der Waals surface area contributed by atoms with Gasteiger partial charge in [0.1, 0.15) is 0 Å². The number of aromatic amines is 1. The zero-order valence-corrected chi connectivity index (χ0v) is 41.0. The third kappa shape index (κ3) is 12.4. The van der Waals surface area contributed by atoms with E-state index in [4.69, 9.17) is 4.99 Å². The van der Waals surface area contributed by atoms with Crippen molar-refractivity contribution in [1.29, 1.82) is 0 Å². The molecule has 4 amide bonds. The van der Waals surface area contributed by atoms with Crippen molar-refractivity contribution < 1.29 is 19.2 Å². The molecule has 0 unspecified atom stereocenters. The van der Waals surface area contributed by atoms with Crippen molar-refractivity contribution in [3.05, 3.63) is 108 Å². The fourth-order valence-corrected chi connectivity index (χ4v) is 7.80. The number of carbonyl (C=O) groups is 4. The number of rotatable bonds is 15. The number of aliphatic imine (C=N–C) groups is 1. The molecule has 0 bridgehead atoms. The van der Waals surface area contributed by atoms with Gasteiger partial charge in [-0.3, -0.25) is 24.2 Å². The standard InChI is InChI=1S/C46H53N15O4.C4H10.CH4/c1-28-10-12-33(61-19-17-56(3)18-20-61)24-35(28)49-29(2)37-22-31(25-58(37)5)51-46(65)43-55-39(27-60(43)7)54-40(62)9-8-14-48-44(63)30-11-13-34-36(21-30)53-41(52-34)38-23-32(26-59(38)6)50-45(64)42-47-15-16-57(42)4;1-3-4-2;/h10-13,15-16,21-27H,8-9,14,17-20H2,1-7H3,(H,48,63)(H,50,64)(H,51,65)(H,52,53)(H,54,62);3-4H2,1-2H3;1H4. The number of aryl methyl sites for hydroxylation is 5. The Morgan fingerprint density at radius 2 is 1.44 bits per heavy atom. The molecule has 0 radical (unpaired) electrons. The van der Waals surface area contributed by atoms with Crippen LogP contribution in [0.25, 0.3) is 22.6 Å². The molecule has 1 aliphatic rings. The van der Waals surface area contributed by atoms with Crippen molar-refractivity contribution in [2.24, 2.45) is 33.2 Å². The first-order chi connectivity index (χ1) is 33.1. The lowest BCUT2D eigenvalue weighted by Gasteiger charge is -2.34. The number of carbonyl (C=O) groups excluding carboxylic acids is 4. The van der Waals surface area contributed by atoms with Gasteiger partial charge in [-0.2, -0.15) is 0 Å². The number of imidazole rings is 3. The Bertz CT molecular complexity index is 2990. The third-order valence-electron chi connectivity index (χ3n) is 12.0. The minimum atomic E-state index is -0.431. The molecule has 370 valence electrons. The van der Waals surface area contributed by atoms with E-state index in [2.05, 4.69) is 97.0 Å². The van der Waals surface area contributed by atoms with Crippen molar-refractivity contribution in [3.8, 4) is 11.5 Å². The normalized spacial score (nSPS) is 12.8. The first-order valence-electron chi connectivity index (χ1n) is 23.2. The van der Waals surface area contributed by atoms with E-state index in [0.29, 0.717) is 46.0 Å². The molecular formula is C51H67N15O4. The minimum absolute atomic E-state index is 0. The van der Waals surface area contributed by atoms with Gasteiger partial charge in [0.05, 0.1) is 45.2 Å². The Morgan fingerprint density at radius 1 is 0.743 bits per heavy atom. The van der Waals surface area contributed by atoms with Crippen LogP contribution in [0.1, 0.15) is 96.7 Å². The minimum Gasteiger partial charge on any atom is -0.369 e. The van der Waals surface area contributed by atoms with E-state index in [1.54, 1.807) is 72.3 Å². The van der Waals surface area contributed by atoms with E-state index in [1.807, 2.05) is 42.4 Å². The highest BCUT2D eigenvalue weighted by atomic mass is 16.2. The zero-order chi connectivity index (χ0) is 49.4. The number of benzene rings is 2. The van der Waals surface area contributed by atoms with Gasteiger partial charge in [0, 0.05) is 110 Å². The number of hydrogen-bond donors (Lipinski definition) is 5. The monoisotopic (exact) mass is 954 g/mol. The second kappa shape index (κ2) is 23.0. The Hall–Kier alpha value is -7.80. The fraction of sp³-hybridized carbons (Fsp3) is 0.373. The van der Waals surface area contributed by atoms with Crippen LogP contribution in [0.4, 0.5) is 28.6 Å². The molecule has 19 nitrogen and oxygen atoms in total. The number of hydrogen-bond acceptors (Lipinski definition) is 10. The van der Waals surface area contributed by atoms with E-state index < -0.39 is 5.91 Å². The maximum atomic E-state index is 13.4. The van der Waals surface area contributed by atoms with Crippen LogP contribution in [0.15, 0.2) is 84.5 Å². The summed E-state index contributed by atoms with van der Waals surface area (Å²) in [5.41, 5.74) is 8.48. The van der Waals surface area contributed by atoms with E-state index >= 15 is 0 Å². The topological polar surface area (TPSA) is 209 Å². The third-order valence-corrected chi connectivity index (χ3v) is 12.0. The quantitative estimate of drug-likeness (QED) is 0.0504. The molecule has 1 saturated heterocycles. The highest BCUT2D eigenvalue weighted by molar-refractivity contribution is 6.05. The number of nitrogens with zero attached hydrogens (tertiary/aromatic N) is 10. The van der Waals surface area contributed by atoms with Crippen LogP contribution in [-0.4, -0.2) is 112 Å². The smallest absolute Gasteiger partial charge is 0.291 e. The van der Waals surface area contributed by atoms with Crippen LogP contribution in [0.3, 0.4) is 0 Å². The SMILES string of the molecule is C.CC(=Nc1cc(N2CCN(C)CC2)ccc1C)c1cc(NC(=O)c2nc(NC(=O)CCCNC(=O)c3ccc4nc(-c5cc(NC(=O)c6nccn6C)cn5C)[nH]c4c3)cn2C)cn1C.CCCC. The van der Waals surface area contributed by atoms with Gasteiger partial charge in [-0.05, 0) is 75.3 Å². The number of likely N-dealkylation sites (N-methyl/N-ethyl adjacent to an activating group) is 1. The average molecular weight is 954 g/mol. The number of amides is 4. The number of aromatic nitrogens is 8. The largest absolute Gasteiger partial charge is 0.369 e. The summed E-state index contributed by atoms with van der Waals surface area (Å²) < 4.78 is 6.96. The molecule has 1 aliphatic heterocycles. The summed E-state index contributed by atoms with van der Waals surface area (Å²) in [4.78, 5) is 78.1. The molecule has 8 rings (SSSR count). The first kappa shape index (κ1) is 51.6. The maximum absolute atomic E-state index is 13.4. The van der Waals surface area contributed by atoms with Crippen molar-refractivity contribution in [2.45, 2.75) is 60.8 Å². The van der Waals surface area contributed by atoms with Crippen molar-refractivity contribution in [2.75, 3.05) is 60.6 Å². The molecule has 0 aliphatic carbocycles. The summed E-state index contributed by atoms with van der Waals surface area (Å²) in [6.07, 6.45) is 11.6. The summed E-state index contributed by atoms with van der Waals surface area (Å²) in [5, 5.41) is 11.4. The lowest BCUT2D eigenvalue weighted by atomic mass is 10.1. The predicted octanol–water partition coefficient (Wildman–Crippen LogP) is 7.67. The summed E-state index contributed by atoms with van der Waals surface area (Å²) in [6, 6.07) is 15.3. The van der Waals surface area contributed by atoms with Crippen LogP contribution in [0.5, 0.6) is 0 Å². The molecule has 7 aromatic rings. The van der Waals surface area contributed by atoms with E-state index in [1.165, 1.54) is 12.8 Å². The predicted molar refractivity (Wildman–Crippen MR) is 279 cm³/mol. The number of piperazine rings is 1. The van der Waals surface area contributed by atoms with Gasteiger partial charge < -0.3 is 54.3 Å². The molecule has 6 heterocycles. The Morgan fingerprint density at radius 3 is 2.14 bits per heavy atom. The summed E-state index contributed by atoms with van der Waals surface area (Å²) in [7, 11) is 9.34. The Balaban J connectivity index is 0.00000155. The van der Waals surface area contributed by atoms with Crippen LogP contribution in [0, 0.1) is 6.92 Å². The average Bonchev–Trinajstić information content (AvgIpc) is 4.17. The Kier molecular flexibility index (Phi) is 17.0. The second-order valence-corrected chi connectivity index (χ2v) is 17.5. The Labute approximate surface area is 409 Å². The summed E-state index contributed by atoms with van der Waals surface area (Å²) in [5.74, 6) is -0.132. The van der Waals surface area contributed by atoms with Crippen molar-refractivity contribution >= 4 is 68.9 Å². The van der Waals surface area contributed by atoms with Gasteiger partial charge in [-0.25, -0.2) is 15.0 Å². The highest BCUT2D eigenvalue weighted by Crippen LogP contribution is 2.29. The molecule has 70 heavy (non-hydrogen) atoms. The summed E-state index contributed by atoms with van der Waals surface area (Å²) >= 11 is 0. The van der Waals surface area contributed by atoms with Crippen LogP contribution in [-0.2, 0) is 33.0 Å². The van der Waals surface area contributed by atoms with Crippen LogP contribution in [0.2, 0.25) is 0 Å². The van der Waals surface area contributed by atoms with Crippen molar-refractivity contribution in [1.82, 2.24) is 48.4 Å². The lowest BCUT2D eigenvalue weighted by molar-refractivity contribution is -0.116. The molecule has 0 atom stereocenters. The lowest BCUT2D eigenvalue weighted by Crippen LogP contribution is -2.44. The molecule has 19 heteroatoms. The maximum Gasteiger partial charge on any atom is 0.291 e. The van der Waals surface area contributed by atoms with E-state index in [-0.39, 0.29) is 49.8 Å². The first-order valence-corrected chi connectivity index (χ1v) is 23.2. The van der Waals surface area contributed by atoms with E-state index in [0.717, 1.165) is 60.2 Å². The van der Waals surface area contributed by atoms with Gasteiger partial charge in [-0.1, -0.05) is 40.2 Å². The molecule has 0 saturated carbocycles. The zero-order valence-electron chi connectivity index (χ0n) is 41.0. The van der Waals surface area contributed by atoms with Gasteiger partial charge in [0.15, 0.2) is 17.5 Å². The van der Waals surface area contributed by atoms with Gasteiger partial charge in [-0.15, -0.1) is 0 Å². The van der Waals surface area contributed by atoms with Gasteiger partial charge >= 0.3 is 0 Å². The fourth-order valence-electron chi connectivity index (χ4n) is 7.80. The molecule has 5 N–H and O–H groups in total. The van der Waals surface area contributed by atoms with Crippen LogP contribution < -0.4 is 26.2 Å². The molecule has 1 fully saturated rings. The molecule has 2 aromatic carbocycles. The number of unbranched alkanes of at least 4 members (excludes halogenated alkanes) is 1. The number of fused-ring (bicyclic) bond motifs is 1. The summed E-state index contributed by atoms with van der Waals surface area (Å²) in [6.45, 7) is 12.6. The van der Waals surface area contributed by atoms with E-state index in [9.17, 15) is 19.2 Å². The number of nitrogens with one attached hydrogen (secondary N) is 5. The molecular weight excluding hydrogens is 887 g/mol. The van der Waals surface area contributed by atoms with Crippen LogP contribution >= 0.6 is 0 Å². The van der Waals surface area contributed by atoms with Crippen molar-refractivity contribution in [3.63, 3.8) is 0 Å². The number of H-pyrrole nitrogens is 1. The van der Waals surface area contributed by atoms with Gasteiger partial charge in [0.25, 0.3) is 17.7 Å². The van der Waals surface area contributed by atoms with Gasteiger partial charge in [0.2, 0.25) is 11.7 Å². The second-order valence-electron chi connectivity index (χ2n) is 17.5. The number of anilines is 4. The highest BCUT2D eigenvalue weighted by Gasteiger charge is 2.20. The molecule has 0 spiro atoms. The molecule has 5 aromatic heterocycles.